The molecule has 0 fully saturated rings. The van der Waals surface area contributed by atoms with Crippen molar-refractivity contribution < 1.29 is 18.1 Å². The van der Waals surface area contributed by atoms with E-state index in [1.807, 2.05) is 24.4 Å². The van der Waals surface area contributed by atoms with Gasteiger partial charge in [-0.05, 0) is 60.4 Å². The number of sulfonamides is 1. The van der Waals surface area contributed by atoms with Gasteiger partial charge in [0.05, 0.1) is 17.2 Å². The largest absolute Gasteiger partial charge is 0.467 e. The van der Waals surface area contributed by atoms with E-state index in [0.29, 0.717) is 12.1 Å². The highest BCUT2D eigenvalue weighted by molar-refractivity contribution is 7.93. The molecular weight excluding hydrogens is 470 g/mol. The molecule has 8 nitrogen and oxygen atoms in total. The van der Waals surface area contributed by atoms with Crippen LogP contribution >= 0.6 is 23.6 Å². The van der Waals surface area contributed by atoms with Gasteiger partial charge in [0.15, 0.2) is 4.90 Å². The van der Waals surface area contributed by atoms with Gasteiger partial charge in [-0.3, -0.25) is 14.4 Å². The molecule has 11 heteroatoms. The van der Waals surface area contributed by atoms with Crippen LogP contribution < -0.4 is 9.62 Å². The third kappa shape index (κ3) is 4.45. The molecule has 0 saturated heterocycles. The maximum Gasteiger partial charge on any atom is 0.289 e. The number of hydrogen-bond acceptors (Lipinski definition) is 7. The van der Waals surface area contributed by atoms with Gasteiger partial charge in [-0.1, -0.05) is 18.2 Å². The number of thiophene rings is 1. The van der Waals surface area contributed by atoms with E-state index in [-0.39, 0.29) is 22.7 Å². The van der Waals surface area contributed by atoms with E-state index in [4.69, 9.17) is 17.0 Å². The minimum absolute atomic E-state index is 0.0444. The average molecular weight is 490 g/mol. The summed E-state index contributed by atoms with van der Waals surface area (Å²) in [7, 11) is -4.24. The van der Waals surface area contributed by atoms with Crippen LogP contribution in [0.15, 0.2) is 64.9 Å². The summed E-state index contributed by atoms with van der Waals surface area (Å²) in [6.07, 6.45) is 0.332. The molecule has 4 rings (SSSR count). The molecule has 0 radical (unpaired) electrons. The van der Waals surface area contributed by atoms with Crippen molar-refractivity contribution in [1.82, 2.24) is 0 Å². The fourth-order valence-corrected chi connectivity index (χ4v) is 6.15. The fourth-order valence-electron chi connectivity index (χ4n) is 3.50. The van der Waals surface area contributed by atoms with Crippen LogP contribution in [-0.2, 0) is 27.7 Å². The van der Waals surface area contributed by atoms with Crippen LogP contribution in [0, 0.1) is 10.1 Å². The van der Waals surface area contributed by atoms with Gasteiger partial charge in [0.1, 0.15) is 6.10 Å². The Bertz CT molecular complexity index is 1280. The third-order valence-electron chi connectivity index (χ3n) is 4.94. The van der Waals surface area contributed by atoms with Crippen LogP contribution in [0.5, 0.6) is 0 Å². The second-order valence-electron chi connectivity index (χ2n) is 7.20. The zero-order chi connectivity index (χ0) is 22.9. The molecule has 0 bridgehead atoms. The predicted molar refractivity (Wildman–Crippen MR) is 128 cm³/mol. The number of ether oxygens (including phenoxy) is 1. The monoisotopic (exact) mass is 489 g/mol. The third-order valence-corrected chi connectivity index (χ3v) is 7.82. The normalized spacial score (nSPS) is 15.8. The molecule has 0 aliphatic carbocycles. The van der Waals surface area contributed by atoms with Crippen LogP contribution in [0.4, 0.5) is 17.1 Å². The molecule has 0 spiro atoms. The lowest BCUT2D eigenvalue weighted by atomic mass is 10.1. The minimum Gasteiger partial charge on any atom is -0.467 e. The van der Waals surface area contributed by atoms with Crippen LogP contribution in [-0.4, -0.2) is 24.6 Å². The van der Waals surface area contributed by atoms with Crippen molar-refractivity contribution in [3.8, 4) is 0 Å². The lowest BCUT2D eigenvalue weighted by Gasteiger charge is -2.25. The van der Waals surface area contributed by atoms with Gasteiger partial charge in [-0.2, -0.15) is 0 Å². The highest BCUT2D eigenvalue weighted by Gasteiger charge is 2.32. The molecule has 166 valence electrons. The number of fused-ring (bicyclic) bond motifs is 1. The van der Waals surface area contributed by atoms with E-state index in [0.717, 1.165) is 16.1 Å². The fraction of sp³-hybridized carbons (Fsp3) is 0.190. The van der Waals surface area contributed by atoms with Crippen molar-refractivity contribution in [3.63, 3.8) is 0 Å². The van der Waals surface area contributed by atoms with Crippen molar-refractivity contribution in [3.05, 3.63) is 80.5 Å². The number of para-hydroxylation sites is 1. The van der Waals surface area contributed by atoms with Gasteiger partial charge < -0.3 is 10.1 Å². The van der Waals surface area contributed by atoms with Crippen molar-refractivity contribution in [2.45, 2.75) is 30.9 Å². The van der Waals surface area contributed by atoms with E-state index in [9.17, 15) is 18.5 Å². The summed E-state index contributed by atoms with van der Waals surface area (Å²) in [6.45, 7) is 1.92. The smallest absolute Gasteiger partial charge is 0.289 e. The zero-order valence-electron chi connectivity index (χ0n) is 16.9. The minimum atomic E-state index is -4.24. The number of anilines is 2. The summed E-state index contributed by atoms with van der Waals surface area (Å²) in [5, 5.41) is 16.7. The van der Waals surface area contributed by atoms with E-state index in [2.05, 4.69) is 5.32 Å². The van der Waals surface area contributed by atoms with E-state index in [1.165, 1.54) is 39.9 Å². The molecule has 1 aliphatic rings. The van der Waals surface area contributed by atoms with Crippen LogP contribution in [0.1, 0.15) is 17.4 Å². The zero-order valence-corrected chi connectivity index (χ0v) is 19.4. The standard InChI is InChI=1S/C21H19N3O5S3/c1-14-11-15-12-16(8-9-18(15)22-21(30)29-14)23(13-17-5-4-10-31-17)32(27,28)20-7-3-2-6-19(20)24(25)26/h2-10,12,14H,11,13H2,1H3,(H,22,30). The number of nitrogens with one attached hydrogen (secondary N) is 1. The van der Waals surface area contributed by atoms with E-state index >= 15 is 0 Å². The second-order valence-corrected chi connectivity index (χ2v) is 10.4. The van der Waals surface area contributed by atoms with Crippen LogP contribution in [0.2, 0.25) is 0 Å². The Labute approximate surface area is 194 Å². The maximum atomic E-state index is 13.7. The Morgan fingerprint density at radius 2 is 2.03 bits per heavy atom. The van der Waals surface area contributed by atoms with Crippen molar-refractivity contribution in [2.75, 3.05) is 9.62 Å². The maximum absolute atomic E-state index is 13.7. The summed E-state index contributed by atoms with van der Waals surface area (Å²) in [5.74, 6) is 0. The molecule has 1 unspecified atom stereocenters. The molecule has 1 atom stereocenters. The summed E-state index contributed by atoms with van der Waals surface area (Å²) >= 11 is 6.58. The van der Waals surface area contributed by atoms with Gasteiger partial charge in [-0.25, -0.2) is 8.42 Å². The van der Waals surface area contributed by atoms with Gasteiger partial charge in [0.2, 0.25) is 0 Å². The first kappa shape index (κ1) is 22.2. The van der Waals surface area contributed by atoms with E-state index in [1.54, 1.807) is 18.2 Å². The quantitative estimate of drug-likeness (QED) is 0.304. The molecule has 1 aliphatic heterocycles. The summed E-state index contributed by atoms with van der Waals surface area (Å²) in [6, 6.07) is 14.2. The number of nitrogens with zero attached hydrogens (tertiary/aromatic N) is 2. The summed E-state index contributed by atoms with van der Waals surface area (Å²) in [4.78, 5) is 11.3. The van der Waals surface area contributed by atoms with Gasteiger partial charge in [0, 0.05) is 23.1 Å². The van der Waals surface area contributed by atoms with Crippen molar-refractivity contribution in [2.24, 2.45) is 0 Å². The molecule has 3 aromatic rings. The van der Waals surface area contributed by atoms with Gasteiger partial charge >= 0.3 is 0 Å². The number of nitro benzene ring substituents is 1. The van der Waals surface area contributed by atoms with Crippen molar-refractivity contribution >= 4 is 55.8 Å². The Hall–Kier alpha value is -3.02. The summed E-state index contributed by atoms with van der Waals surface area (Å²) in [5.41, 5.74) is 1.51. The van der Waals surface area contributed by atoms with Gasteiger partial charge in [0.25, 0.3) is 20.9 Å². The molecule has 0 saturated carbocycles. The second kappa shape index (κ2) is 8.85. The molecule has 2 heterocycles. The molecule has 1 N–H and O–H groups in total. The first-order valence-corrected chi connectivity index (χ1v) is 12.4. The number of rotatable bonds is 6. The Morgan fingerprint density at radius 1 is 1.25 bits per heavy atom. The Balaban J connectivity index is 1.84. The number of nitro groups is 1. The molecule has 1 aromatic heterocycles. The Kier molecular flexibility index (Phi) is 6.13. The highest BCUT2D eigenvalue weighted by Crippen LogP contribution is 2.34. The molecule has 2 aromatic carbocycles. The van der Waals surface area contributed by atoms with Crippen LogP contribution in [0.3, 0.4) is 0 Å². The predicted octanol–water partition coefficient (Wildman–Crippen LogP) is 4.71. The SMILES string of the molecule is CC1Cc2cc(N(Cc3cccs3)S(=O)(=O)c3ccccc3[N+](=O)[O-])ccc2NC(=S)O1. The number of benzene rings is 2. The first-order chi connectivity index (χ1) is 15.3. The highest BCUT2D eigenvalue weighted by atomic mass is 32.2. The summed E-state index contributed by atoms with van der Waals surface area (Å²) < 4.78 is 34.2. The lowest BCUT2D eigenvalue weighted by molar-refractivity contribution is -0.387. The lowest BCUT2D eigenvalue weighted by Crippen LogP contribution is -2.31. The molecular formula is C21H19N3O5S3. The first-order valence-electron chi connectivity index (χ1n) is 9.65. The topological polar surface area (TPSA) is 102 Å². The molecule has 0 amide bonds. The Morgan fingerprint density at radius 3 is 2.75 bits per heavy atom. The average Bonchev–Trinajstić information content (AvgIpc) is 3.21. The van der Waals surface area contributed by atoms with Crippen LogP contribution in [0.25, 0.3) is 0 Å². The molecule has 32 heavy (non-hydrogen) atoms. The van der Waals surface area contributed by atoms with Gasteiger partial charge in [-0.15, -0.1) is 11.3 Å². The number of hydrogen-bond donors (Lipinski definition) is 1. The number of thiocarbonyl (C=S) groups is 1. The van der Waals surface area contributed by atoms with E-state index < -0.39 is 20.6 Å². The van der Waals surface area contributed by atoms with Crippen molar-refractivity contribution in [1.29, 1.82) is 0 Å².